The average Bonchev–Trinajstić information content (AvgIpc) is 2.48. The fourth-order valence-corrected chi connectivity index (χ4v) is 3.21. The van der Waals surface area contributed by atoms with Crippen LogP contribution in [-0.4, -0.2) is 5.38 Å². The van der Waals surface area contributed by atoms with Gasteiger partial charge in [-0.2, -0.15) is 0 Å². The Bertz CT molecular complexity index is 362. The van der Waals surface area contributed by atoms with Crippen molar-refractivity contribution < 1.29 is 0 Å². The topological polar surface area (TPSA) is 0 Å². The van der Waals surface area contributed by atoms with Gasteiger partial charge in [0.05, 0.1) is 0 Å². The first-order chi connectivity index (χ1) is 10.2. The molecule has 1 rings (SSSR count). The van der Waals surface area contributed by atoms with E-state index < -0.39 is 0 Å². The molecule has 1 atom stereocenters. The third kappa shape index (κ3) is 9.42. The Kier molecular flexibility index (Phi) is 11.1. The minimum absolute atomic E-state index is 0.217. The molecular weight excluding hydrogens is 299 g/mol. The van der Waals surface area contributed by atoms with Crippen LogP contribution >= 0.6 is 23.2 Å². The summed E-state index contributed by atoms with van der Waals surface area (Å²) in [4.78, 5) is 0. The molecule has 1 aromatic carbocycles. The molecule has 0 heterocycles. The van der Waals surface area contributed by atoms with Crippen LogP contribution in [0.3, 0.4) is 0 Å². The van der Waals surface area contributed by atoms with Gasteiger partial charge in [-0.15, -0.1) is 11.6 Å². The second-order valence-electron chi connectivity index (χ2n) is 6.01. The van der Waals surface area contributed by atoms with Crippen LogP contribution in [0, 0.1) is 0 Å². The molecule has 0 bridgehead atoms. The predicted octanol–water partition coefficient (Wildman–Crippen LogP) is 7.41. The molecule has 0 nitrogen and oxygen atoms in total. The number of hydrogen-bond acceptors (Lipinski definition) is 0. The van der Waals surface area contributed by atoms with Crippen LogP contribution in [0.4, 0.5) is 0 Å². The van der Waals surface area contributed by atoms with E-state index in [9.17, 15) is 0 Å². The van der Waals surface area contributed by atoms with Crippen molar-refractivity contribution in [1.29, 1.82) is 0 Å². The molecule has 0 aliphatic rings. The van der Waals surface area contributed by atoms with E-state index >= 15 is 0 Å². The Balaban J connectivity index is 1.99. The molecule has 0 saturated carbocycles. The fraction of sp³-hybridized carbons (Fsp3) is 0.684. The van der Waals surface area contributed by atoms with Crippen LogP contribution in [-0.2, 0) is 6.42 Å². The number of rotatable bonds is 12. The highest BCUT2D eigenvalue weighted by molar-refractivity contribution is 6.31. The Morgan fingerprint density at radius 2 is 1.43 bits per heavy atom. The third-order valence-electron chi connectivity index (χ3n) is 4.02. The summed E-state index contributed by atoms with van der Waals surface area (Å²) in [5.41, 5.74) is 1.18. The van der Waals surface area contributed by atoms with Crippen LogP contribution in [0.5, 0.6) is 0 Å². The van der Waals surface area contributed by atoms with Gasteiger partial charge in [-0.05, 0) is 24.5 Å². The zero-order chi connectivity index (χ0) is 15.3. The maximum absolute atomic E-state index is 6.43. The molecule has 120 valence electrons. The van der Waals surface area contributed by atoms with Gasteiger partial charge in [-0.1, -0.05) is 94.5 Å². The number of hydrogen-bond donors (Lipinski definition) is 0. The van der Waals surface area contributed by atoms with Gasteiger partial charge in [0, 0.05) is 10.4 Å². The molecule has 0 fully saturated rings. The Hall–Kier alpha value is -0.200. The number of benzene rings is 1. The van der Waals surface area contributed by atoms with Crippen molar-refractivity contribution in [2.75, 3.05) is 0 Å². The van der Waals surface area contributed by atoms with E-state index in [-0.39, 0.29) is 5.38 Å². The Labute approximate surface area is 141 Å². The summed E-state index contributed by atoms with van der Waals surface area (Å²) in [5.74, 6) is 0. The maximum atomic E-state index is 6.43. The molecule has 2 heteroatoms. The van der Waals surface area contributed by atoms with E-state index in [4.69, 9.17) is 23.2 Å². The van der Waals surface area contributed by atoms with E-state index in [0.717, 1.165) is 17.9 Å². The van der Waals surface area contributed by atoms with Crippen LogP contribution in [0.25, 0.3) is 0 Å². The summed E-state index contributed by atoms with van der Waals surface area (Å²) < 4.78 is 0. The zero-order valence-electron chi connectivity index (χ0n) is 13.4. The average molecular weight is 329 g/mol. The summed E-state index contributed by atoms with van der Waals surface area (Å²) in [5, 5.41) is 1.06. The van der Waals surface area contributed by atoms with Gasteiger partial charge in [0.15, 0.2) is 0 Å². The minimum Gasteiger partial charge on any atom is -0.123 e. The summed E-state index contributed by atoms with van der Waals surface area (Å²) in [6, 6.07) is 8.02. The molecule has 21 heavy (non-hydrogen) atoms. The van der Waals surface area contributed by atoms with Crippen LogP contribution in [0.1, 0.15) is 76.7 Å². The van der Waals surface area contributed by atoms with Crippen molar-refractivity contribution in [3.8, 4) is 0 Å². The lowest BCUT2D eigenvalue weighted by Crippen LogP contribution is -2.03. The van der Waals surface area contributed by atoms with Crippen LogP contribution in [0.15, 0.2) is 24.3 Å². The van der Waals surface area contributed by atoms with Crippen LogP contribution < -0.4 is 0 Å². The smallest absolute Gasteiger partial charge is 0.0438 e. The summed E-state index contributed by atoms with van der Waals surface area (Å²) >= 11 is 12.6. The molecular formula is C19H30Cl2. The zero-order valence-corrected chi connectivity index (χ0v) is 14.9. The number of unbranched alkanes of at least 4 members (excludes halogenated alkanes) is 8. The second kappa shape index (κ2) is 12.4. The molecule has 0 radical (unpaired) electrons. The third-order valence-corrected chi connectivity index (χ3v) is 4.76. The minimum atomic E-state index is 0.217. The van der Waals surface area contributed by atoms with E-state index in [1.807, 2.05) is 18.2 Å². The van der Waals surface area contributed by atoms with E-state index in [0.29, 0.717) is 0 Å². The molecule has 0 N–H and O–H groups in total. The number of alkyl halides is 1. The molecule has 1 unspecified atom stereocenters. The molecule has 1 aromatic rings. The highest BCUT2D eigenvalue weighted by Gasteiger charge is 2.08. The lowest BCUT2D eigenvalue weighted by Gasteiger charge is -2.10. The van der Waals surface area contributed by atoms with Crippen molar-refractivity contribution in [2.24, 2.45) is 0 Å². The first kappa shape index (κ1) is 18.8. The first-order valence-electron chi connectivity index (χ1n) is 8.61. The van der Waals surface area contributed by atoms with Gasteiger partial charge in [-0.3, -0.25) is 0 Å². The predicted molar refractivity (Wildman–Crippen MR) is 96.6 cm³/mol. The lowest BCUT2D eigenvalue weighted by molar-refractivity contribution is 0.551. The number of halogens is 2. The highest BCUT2D eigenvalue weighted by Crippen LogP contribution is 2.21. The van der Waals surface area contributed by atoms with Crippen molar-refractivity contribution >= 4 is 23.2 Å². The summed E-state index contributed by atoms with van der Waals surface area (Å²) in [6.45, 7) is 2.27. The SMILES string of the molecule is CCCCCCCCCCCC(Cl)Cc1ccccc1Cl. The molecule has 0 saturated heterocycles. The molecule has 0 aliphatic heterocycles. The first-order valence-corrected chi connectivity index (χ1v) is 9.43. The van der Waals surface area contributed by atoms with E-state index in [1.165, 1.54) is 63.4 Å². The largest absolute Gasteiger partial charge is 0.123 e. The van der Waals surface area contributed by atoms with Crippen molar-refractivity contribution in [3.63, 3.8) is 0 Å². The van der Waals surface area contributed by atoms with Gasteiger partial charge in [-0.25, -0.2) is 0 Å². The van der Waals surface area contributed by atoms with Gasteiger partial charge >= 0.3 is 0 Å². The normalized spacial score (nSPS) is 12.5. The Morgan fingerprint density at radius 3 is 2.05 bits per heavy atom. The monoisotopic (exact) mass is 328 g/mol. The molecule has 0 amide bonds. The quantitative estimate of drug-likeness (QED) is 0.276. The standard InChI is InChI=1S/C19H30Cl2/c1-2-3-4-5-6-7-8-9-10-14-18(20)16-17-13-11-12-15-19(17)21/h11-13,15,18H,2-10,14,16H2,1H3. The summed E-state index contributed by atoms with van der Waals surface area (Å²) in [6.07, 6.45) is 14.3. The van der Waals surface area contributed by atoms with Gasteiger partial charge in [0.25, 0.3) is 0 Å². The molecule has 0 aromatic heterocycles. The second-order valence-corrected chi connectivity index (χ2v) is 7.03. The van der Waals surface area contributed by atoms with Crippen molar-refractivity contribution in [2.45, 2.75) is 82.9 Å². The van der Waals surface area contributed by atoms with Gasteiger partial charge < -0.3 is 0 Å². The molecule has 0 spiro atoms. The van der Waals surface area contributed by atoms with E-state index in [1.54, 1.807) is 0 Å². The Morgan fingerprint density at radius 1 is 0.857 bits per heavy atom. The summed E-state index contributed by atoms with van der Waals surface area (Å²) in [7, 11) is 0. The van der Waals surface area contributed by atoms with Crippen molar-refractivity contribution in [3.05, 3.63) is 34.9 Å². The van der Waals surface area contributed by atoms with E-state index in [2.05, 4.69) is 13.0 Å². The maximum Gasteiger partial charge on any atom is 0.0438 e. The highest BCUT2D eigenvalue weighted by atomic mass is 35.5. The molecule has 0 aliphatic carbocycles. The fourth-order valence-electron chi connectivity index (χ4n) is 2.68. The lowest BCUT2D eigenvalue weighted by atomic mass is 10.0. The van der Waals surface area contributed by atoms with Gasteiger partial charge in [0.2, 0.25) is 0 Å². The van der Waals surface area contributed by atoms with Crippen molar-refractivity contribution in [1.82, 2.24) is 0 Å². The van der Waals surface area contributed by atoms with Gasteiger partial charge in [0.1, 0.15) is 0 Å². The van der Waals surface area contributed by atoms with Crippen LogP contribution in [0.2, 0.25) is 5.02 Å².